The van der Waals surface area contributed by atoms with Crippen molar-refractivity contribution in [3.8, 4) is 5.69 Å². The number of nitrogens with zero attached hydrogens (tertiary/aromatic N) is 3. The van der Waals surface area contributed by atoms with Gasteiger partial charge in [-0.15, -0.1) is 0 Å². The molecule has 0 radical (unpaired) electrons. The smallest absolute Gasteiger partial charge is 0.123 e. The number of hydrogen-bond donors (Lipinski definition) is 0. The highest BCUT2D eigenvalue weighted by atomic mass is 19.1. The van der Waals surface area contributed by atoms with Crippen LogP contribution in [0.3, 0.4) is 0 Å². The minimum atomic E-state index is -0.277. The lowest BCUT2D eigenvalue weighted by Crippen LogP contribution is -2.11. The molecule has 9 aromatic rings. The average Bonchev–Trinajstić information content (AvgIpc) is 3.50. The molecule has 0 aliphatic heterocycles. The summed E-state index contributed by atoms with van der Waals surface area (Å²) in [6.45, 7) is 0. The van der Waals surface area contributed by atoms with E-state index in [1.807, 2.05) is 66.7 Å². The third-order valence-electron chi connectivity index (χ3n) is 9.24. The first-order valence-corrected chi connectivity index (χ1v) is 16.2. The molecule has 0 aliphatic carbocycles. The van der Waals surface area contributed by atoms with Gasteiger partial charge in [-0.3, -0.25) is 0 Å². The minimum absolute atomic E-state index is 0.277. The van der Waals surface area contributed by atoms with Gasteiger partial charge in [-0.25, -0.2) is 8.78 Å². The van der Waals surface area contributed by atoms with Crippen molar-refractivity contribution in [2.24, 2.45) is 0 Å². The number of anilines is 6. The van der Waals surface area contributed by atoms with Crippen molar-refractivity contribution in [3.63, 3.8) is 0 Å². The summed E-state index contributed by atoms with van der Waals surface area (Å²) >= 11 is 0. The van der Waals surface area contributed by atoms with Crippen molar-refractivity contribution >= 4 is 66.7 Å². The van der Waals surface area contributed by atoms with E-state index < -0.39 is 0 Å². The number of benzene rings is 8. The van der Waals surface area contributed by atoms with Gasteiger partial charge < -0.3 is 14.4 Å². The fourth-order valence-corrected chi connectivity index (χ4v) is 7.16. The van der Waals surface area contributed by atoms with Gasteiger partial charge in [0.1, 0.15) is 11.6 Å². The Morgan fingerprint density at radius 2 is 0.714 bits per heavy atom. The summed E-state index contributed by atoms with van der Waals surface area (Å²) in [5, 5.41) is 4.41. The molecule has 8 aromatic carbocycles. The Kier molecular flexibility index (Phi) is 6.83. The van der Waals surface area contributed by atoms with Gasteiger partial charge in [-0.1, -0.05) is 66.7 Å². The minimum Gasteiger partial charge on any atom is -0.310 e. The molecule has 49 heavy (non-hydrogen) atoms. The zero-order chi connectivity index (χ0) is 32.9. The fourth-order valence-electron chi connectivity index (χ4n) is 7.16. The molecule has 5 heteroatoms. The Balaban J connectivity index is 1.37. The molecule has 0 bridgehead atoms. The van der Waals surface area contributed by atoms with Crippen LogP contribution in [0.15, 0.2) is 176 Å². The summed E-state index contributed by atoms with van der Waals surface area (Å²) < 4.78 is 30.7. The molecule has 0 fully saturated rings. The second-order valence-electron chi connectivity index (χ2n) is 12.1. The van der Waals surface area contributed by atoms with E-state index >= 15 is 0 Å². The molecule has 0 spiro atoms. The Labute approximate surface area is 282 Å². The van der Waals surface area contributed by atoms with Gasteiger partial charge >= 0.3 is 0 Å². The highest BCUT2D eigenvalue weighted by Crippen LogP contribution is 2.49. The molecule has 0 atom stereocenters. The lowest BCUT2D eigenvalue weighted by molar-refractivity contribution is 0.627. The van der Waals surface area contributed by atoms with E-state index in [2.05, 4.69) is 99.3 Å². The summed E-state index contributed by atoms with van der Waals surface area (Å²) in [6.07, 6.45) is 0. The van der Waals surface area contributed by atoms with Crippen LogP contribution in [-0.2, 0) is 0 Å². The van der Waals surface area contributed by atoms with E-state index in [4.69, 9.17) is 0 Å². The first kappa shape index (κ1) is 28.7. The maximum atomic E-state index is 14.2. The van der Waals surface area contributed by atoms with Crippen LogP contribution in [0.2, 0.25) is 0 Å². The van der Waals surface area contributed by atoms with Gasteiger partial charge in [-0.05, 0) is 109 Å². The van der Waals surface area contributed by atoms with Crippen LogP contribution in [0.1, 0.15) is 0 Å². The standard InChI is InChI=1S/C44H29F2N3/c45-30-16-20-35(21-17-30)47(32-10-4-1-5-11-32)39-26-28-41-43-37(39)24-25-38-40(27-29-42(44(38)43)49(41)34-14-8-3-9-15-34)48(33-12-6-2-7-13-33)36-22-18-31(46)19-23-36/h1-29H. The molecule has 3 nitrogen and oxygen atoms in total. The van der Waals surface area contributed by atoms with Crippen molar-refractivity contribution in [2.45, 2.75) is 0 Å². The second kappa shape index (κ2) is 11.7. The van der Waals surface area contributed by atoms with Crippen LogP contribution in [0, 0.1) is 11.6 Å². The first-order chi connectivity index (χ1) is 24.2. The van der Waals surface area contributed by atoms with Crippen molar-refractivity contribution in [2.75, 3.05) is 9.80 Å². The molecule has 0 unspecified atom stereocenters. The zero-order valence-corrected chi connectivity index (χ0v) is 26.3. The third-order valence-corrected chi connectivity index (χ3v) is 9.24. The number of halogens is 2. The fraction of sp³-hybridized carbons (Fsp3) is 0. The highest BCUT2D eigenvalue weighted by Gasteiger charge is 2.25. The second-order valence-corrected chi connectivity index (χ2v) is 12.1. The van der Waals surface area contributed by atoms with Crippen LogP contribution in [-0.4, -0.2) is 4.57 Å². The van der Waals surface area contributed by atoms with Crippen LogP contribution >= 0.6 is 0 Å². The molecular formula is C44H29F2N3. The van der Waals surface area contributed by atoms with E-state index in [1.165, 1.54) is 24.3 Å². The molecule has 0 saturated carbocycles. The SMILES string of the molecule is Fc1ccc(N(c2ccccc2)c2ccc3c4c2ccc2c(N(c5ccccc5)c5ccc(F)cc5)ccc(c24)n3-c2ccccc2)cc1. The summed E-state index contributed by atoms with van der Waals surface area (Å²) in [5.41, 5.74) is 8.89. The molecule has 9 rings (SSSR count). The molecule has 0 amide bonds. The summed E-state index contributed by atoms with van der Waals surface area (Å²) in [6, 6.07) is 57.2. The predicted molar refractivity (Wildman–Crippen MR) is 199 cm³/mol. The van der Waals surface area contributed by atoms with Crippen LogP contribution < -0.4 is 9.80 Å². The predicted octanol–water partition coefficient (Wildman–Crippen LogP) is 12.6. The topological polar surface area (TPSA) is 11.4 Å². The van der Waals surface area contributed by atoms with Crippen LogP contribution in [0.5, 0.6) is 0 Å². The van der Waals surface area contributed by atoms with Crippen LogP contribution in [0.4, 0.5) is 42.9 Å². The Morgan fingerprint density at radius 3 is 1.12 bits per heavy atom. The monoisotopic (exact) mass is 637 g/mol. The summed E-state index contributed by atoms with van der Waals surface area (Å²) in [7, 11) is 0. The first-order valence-electron chi connectivity index (χ1n) is 16.2. The molecule has 234 valence electrons. The lowest BCUT2D eigenvalue weighted by atomic mass is 9.98. The number of aromatic nitrogens is 1. The van der Waals surface area contributed by atoms with Crippen molar-refractivity contribution in [1.29, 1.82) is 0 Å². The Bertz CT molecular complexity index is 2390. The van der Waals surface area contributed by atoms with E-state index in [0.29, 0.717) is 0 Å². The maximum absolute atomic E-state index is 14.2. The van der Waals surface area contributed by atoms with E-state index in [1.54, 1.807) is 0 Å². The van der Waals surface area contributed by atoms with Gasteiger partial charge in [0.25, 0.3) is 0 Å². The molecule has 0 saturated heterocycles. The summed E-state index contributed by atoms with van der Waals surface area (Å²) in [4.78, 5) is 4.38. The third kappa shape index (κ3) is 4.78. The normalized spacial score (nSPS) is 11.5. The maximum Gasteiger partial charge on any atom is 0.123 e. The van der Waals surface area contributed by atoms with Gasteiger partial charge in [0.05, 0.1) is 22.4 Å². The van der Waals surface area contributed by atoms with Gasteiger partial charge in [0.15, 0.2) is 0 Å². The molecule has 0 N–H and O–H groups in total. The summed E-state index contributed by atoms with van der Waals surface area (Å²) in [5.74, 6) is -0.554. The average molecular weight is 638 g/mol. The van der Waals surface area contributed by atoms with E-state index in [-0.39, 0.29) is 11.6 Å². The molecule has 1 aromatic heterocycles. The highest BCUT2D eigenvalue weighted by molar-refractivity contribution is 6.29. The number of para-hydroxylation sites is 3. The number of hydrogen-bond acceptors (Lipinski definition) is 2. The number of rotatable bonds is 7. The van der Waals surface area contributed by atoms with Gasteiger partial charge in [-0.2, -0.15) is 0 Å². The zero-order valence-electron chi connectivity index (χ0n) is 26.3. The Hall–Kier alpha value is -6.46. The van der Waals surface area contributed by atoms with Gasteiger partial charge in [0, 0.05) is 50.0 Å². The van der Waals surface area contributed by atoms with Crippen molar-refractivity contribution in [3.05, 3.63) is 188 Å². The van der Waals surface area contributed by atoms with Crippen molar-refractivity contribution < 1.29 is 8.78 Å². The largest absolute Gasteiger partial charge is 0.310 e. The van der Waals surface area contributed by atoms with E-state index in [0.717, 1.165) is 72.4 Å². The molecule has 0 aliphatic rings. The molecular weight excluding hydrogens is 609 g/mol. The van der Waals surface area contributed by atoms with E-state index in [9.17, 15) is 8.78 Å². The lowest BCUT2D eigenvalue weighted by Gasteiger charge is -2.28. The Morgan fingerprint density at radius 1 is 0.347 bits per heavy atom. The van der Waals surface area contributed by atoms with Crippen molar-refractivity contribution in [1.82, 2.24) is 4.57 Å². The quantitative estimate of drug-likeness (QED) is 0.161. The van der Waals surface area contributed by atoms with Gasteiger partial charge in [0.2, 0.25) is 0 Å². The van der Waals surface area contributed by atoms with Crippen LogP contribution in [0.25, 0.3) is 38.3 Å². The molecule has 1 heterocycles.